The smallest absolute Gasteiger partial charge is 0.325 e. The van der Waals surface area contributed by atoms with Crippen LogP contribution >= 0.6 is 35.4 Å². The van der Waals surface area contributed by atoms with Crippen LogP contribution in [0.25, 0.3) is 6.08 Å². The first kappa shape index (κ1) is 27.4. The van der Waals surface area contributed by atoms with E-state index < -0.39 is 11.9 Å². The van der Waals surface area contributed by atoms with Gasteiger partial charge in [0.1, 0.15) is 24.7 Å². The van der Waals surface area contributed by atoms with E-state index in [1.165, 1.54) is 42.2 Å². The fourth-order valence-electron chi connectivity index (χ4n) is 3.75. The molecule has 1 aliphatic rings. The summed E-state index contributed by atoms with van der Waals surface area (Å²) >= 11 is 18.1. The van der Waals surface area contributed by atoms with Gasteiger partial charge in [-0.1, -0.05) is 35.3 Å². The molecule has 0 radical (unpaired) electrons. The van der Waals surface area contributed by atoms with Gasteiger partial charge in [-0.25, -0.2) is 4.39 Å². The summed E-state index contributed by atoms with van der Waals surface area (Å²) in [6.45, 7) is -0.222. The minimum atomic E-state index is -0.583. The quantitative estimate of drug-likeness (QED) is 0.189. The number of methoxy groups -OCH3 is 2. The van der Waals surface area contributed by atoms with E-state index >= 15 is 0 Å². The highest BCUT2D eigenvalue weighted by Gasteiger charge is 2.40. The fourth-order valence-corrected chi connectivity index (χ4v) is 4.50. The summed E-state index contributed by atoms with van der Waals surface area (Å²) in [4.78, 5) is 28.3. The second-order valence-electron chi connectivity index (χ2n) is 8.04. The maximum atomic E-state index is 13.5. The molecule has 0 aliphatic carbocycles. The molecule has 1 saturated heterocycles. The minimum absolute atomic E-state index is 0.0595. The molecule has 1 amide bonds. The molecule has 4 rings (SSSR count). The molecule has 0 spiro atoms. The first-order chi connectivity index (χ1) is 18.2. The number of carbonyl (C=O) groups is 2. The van der Waals surface area contributed by atoms with Crippen molar-refractivity contribution < 1.29 is 28.2 Å². The number of anilines is 1. The van der Waals surface area contributed by atoms with E-state index in [0.717, 1.165) is 0 Å². The Kier molecular flexibility index (Phi) is 8.51. The highest BCUT2D eigenvalue weighted by Crippen LogP contribution is 2.38. The summed E-state index contributed by atoms with van der Waals surface area (Å²) in [6, 6.07) is 15.8. The van der Waals surface area contributed by atoms with Crippen molar-refractivity contribution >= 4 is 64.2 Å². The molecule has 0 saturated carbocycles. The lowest BCUT2D eigenvalue weighted by atomic mass is 10.1. The van der Waals surface area contributed by atoms with E-state index in [4.69, 9.17) is 49.6 Å². The number of carbonyl (C=O) groups excluding carboxylic acids is 2. The van der Waals surface area contributed by atoms with E-state index in [2.05, 4.69) is 0 Å². The van der Waals surface area contributed by atoms with Gasteiger partial charge in [0.05, 0.1) is 24.9 Å². The van der Waals surface area contributed by atoms with Crippen molar-refractivity contribution in [3.8, 4) is 11.5 Å². The van der Waals surface area contributed by atoms with Crippen LogP contribution in [0.3, 0.4) is 0 Å². The van der Waals surface area contributed by atoms with Gasteiger partial charge in [-0.2, -0.15) is 0 Å². The van der Waals surface area contributed by atoms with E-state index in [1.807, 2.05) is 0 Å². The van der Waals surface area contributed by atoms with Crippen LogP contribution in [-0.4, -0.2) is 42.7 Å². The van der Waals surface area contributed by atoms with Crippen LogP contribution in [0.5, 0.6) is 11.5 Å². The molecular formula is C27H21Cl2FN2O5S. The molecule has 1 heterocycles. The molecule has 1 fully saturated rings. The third-order valence-electron chi connectivity index (χ3n) is 5.56. The Morgan fingerprint density at radius 2 is 1.82 bits per heavy atom. The Balaban J connectivity index is 1.69. The zero-order valence-electron chi connectivity index (χ0n) is 20.2. The molecule has 11 heteroatoms. The van der Waals surface area contributed by atoms with Gasteiger partial charge in [0.15, 0.2) is 16.6 Å². The second kappa shape index (κ2) is 11.8. The van der Waals surface area contributed by atoms with Crippen LogP contribution in [0.15, 0.2) is 66.4 Å². The predicted molar refractivity (Wildman–Crippen MR) is 147 cm³/mol. The van der Waals surface area contributed by atoms with Crippen LogP contribution in [0, 0.1) is 5.82 Å². The molecule has 0 unspecified atom stereocenters. The first-order valence-corrected chi connectivity index (χ1v) is 12.3. The summed E-state index contributed by atoms with van der Waals surface area (Å²) in [7, 11) is 2.69. The number of benzene rings is 3. The highest BCUT2D eigenvalue weighted by molar-refractivity contribution is 7.80. The lowest BCUT2D eigenvalue weighted by Crippen LogP contribution is -2.35. The molecule has 38 heavy (non-hydrogen) atoms. The normalized spacial score (nSPS) is 14.3. The van der Waals surface area contributed by atoms with Crippen LogP contribution in [0.4, 0.5) is 10.1 Å². The van der Waals surface area contributed by atoms with Crippen molar-refractivity contribution in [1.29, 1.82) is 0 Å². The molecule has 1 aliphatic heterocycles. The van der Waals surface area contributed by atoms with E-state index in [-0.39, 0.29) is 40.6 Å². The number of amides is 1. The summed E-state index contributed by atoms with van der Waals surface area (Å²) in [5, 5.41) is 0.798. The Morgan fingerprint density at radius 1 is 1.08 bits per heavy atom. The van der Waals surface area contributed by atoms with Crippen molar-refractivity contribution in [2.24, 2.45) is 0 Å². The molecule has 0 bridgehead atoms. The van der Waals surface area contributed by atoms with Gasteiger partial charge in [0.25, 0.3) is 5.91 Å². The van der Waals surface area contributed by atoms with Gasteiger partial charge in [0.2, 0.25) is 0 Å². The van der Waals surface area contributed by atoms with Crippen LogP contribution in [0.1, 0.15) is 11.1 Å². The largest absolute Gasteiger partial charge is 0.493 e. The van der Waals surface area contributed by atoms with Crippen LogP contribution < -0.4 is 14.4 Å². The number of ether oxygens (including phenoxy) is 3. The maximum absolute atomic E-state index is 13.5. The standard InChI is InChI=1S/C27H21Cl2FN2O5S/c1-35-23-13-17(11-21(29)25(23)37-15-16-4-3-5-19(30)10-16)12-22-26(34)32(20-8-6-18(28)7-9-20)27(38)31(22)14-24(33)36-2/h3-13H,14-15H2,1-2H3/b22-12-. The lowest BCUT2D eigenvalue weighted by Gasteiger charge is -2.19. The summed E-state index contributed by atoms with van der Waals surface area (Å²) in [5.41, 5.74) is 1.71. The number of rotatable bonds is 8. The number of thiocarbonyl (C=S) groups is 1. The zero-order chi connectivity index (χ0) is 27.4. The molecule has 0 atom stereocenters. The van der Waals surface area contributed by atoms with Crippen molar-refractivity contribution in [1.82, 2.24) is 4.90 Å². The number of halogens is 3. The van der Waals surface area contributed by atoms with Gasteiger partial charge in [0, 0.05) is 5.02 Å². The van der Waals surface area contributed by atoms with Crippen molar-refractivity contribution in [3.63, 3.8) is 0 Å². The third-order valence-corrected chi connectivity index (χ3v) is 6.50. The van der Waals surface area contributed by atoms with Crippen LogP contribution in [-0.2, 0) is 20.9 Å². The third kappa shape index (κ3) is 5.91. The molecule has 196 valence electrons. The topological polar surface area (TPSA) is 68.3 Å². The molecule has 0 aromatic heterocycles. The van der Waals surface area contributed by atoms with Gasteiger partial charge in [-0.05, 0) is 78.0 Å². The molecule has 0 N–H and O–H groups in total. The second-order valence-corrected chi connectivity index (χ2v) is 9.25. The van der Waals surface area contributed by atoms with Crippen LogP contribution in [0.2, 0.25) is 10.0 Å². The van der Waals surface area contributed by atoms with E-state index in [0.29, 0.717) is 27.6 Å². The Labute approximate surface area is 233 Å². The molecular weight excluding hydrogens is 554 g/mol. The summed E-state index contributed by atoms with van der Waals surface area (Å²) in [6.07, 6.45) is 1.54. The van der Waals surface area contributed by atoms with Gasteiger partial charge >= 0.3 is 5.97 Å². The van der Waals surface area contributed by atoms with Crippen molar-refractivity contribution in [2.75, 3.05) is 25.7 Å². The zero-order valence-corrected chi connectivity index (χ0v) is 22.6. The predicted octanol–water partition coefficient (Wildman–Crippen LogP) is 5.87. The highest BCUT2D eigenvalue weighted by atomic mass is 35.5. The van der Waals surface area contributed by atoms with Crippen molar-refractivity contribution in [2.45, 2.75) is 6.61 Å². The van der Waals surface area contributed by atoms with Gasteiger partial charge in [-0.15, -0.1) is 0 Å². The van der Waals surface area contributed by atoms with Crippen molar-refractivity contribution in [3.05, 3.63) is 93.4 Å². The Hall–Kier alpha value is -3.66. The first-order valence-electron chi connectivity index (χ1n) is 11.2. The molecule has 3 aromatic carbocycles. The van der Waals surface area contributed by atoms with E-state index in [1.54, 1.807) is 48.5 Å². The summed E-state index contributed by atoms with van der Waals surface area (Å²) < 4.78 is 29.6. The Bertz CT molecular complexity index is 1430. The fraction of sp³-hybridized carbons (Fsp3) is 0.148. The number of esters is 1. The average molecular weight is 575 g/mol. The summed E-state index contributed by atoms with van der Waals surface area (Å²) in [5.74, 6) is -0.871. The number of hydrogen-bond donors (Lipinski definition) is 0. The number of nitrogens with zero attached hydrogens (tertiary/aromatic N) is 2. The Morgan fingerprint density at radius 3 is 2.47 bits per heavy atom. The SMILES string of the molecule is COC(=O)CN1C(=S)N(c2ccc(Cl)cc2)C(=O)/C1=C/c1cc(Cl)c(OCc2cccc(F)c2)c(OC)c1. The van der Waals surface area contributed by atoms with Gasteiger partial charge in [-0.3, -0.25) is 14.5 Å². The monoisotopic (exact) mass is 574 g/mol. The molecule has 3 aromatic rings. The average Bonchev–Trinajstić information content (AvgIpc) is 3.12. The molecule has 7 nitrogen and oxygen atoms in total. The maximum Gasteiger partial charge on any atom is 0.325 e. The number of hydrogen-bond acceptors (Lipinski definition) is 6. The lowest BCUT2D eigenvalue weighted by molar-refractivity contribution is -0.140. The van der Waals surface area contributed by atoms with E-state index in [9.17, 15) is 14.0 Å². The minimum Gasteiger partial charge on any atom is -0.493 e. The van der Waals surface area contributed by atoms with Gasteiger partial charge < -0.3 is 19.1 Å².